The minimum absolute atomic E-state index is 0.447. The second-order valence-electron chi connectivity index (χ2n) is 5.71. The van der Waals surface area contributed by atoms with Crippen LogP contribution in [0.3, 0.4) is 0 Å². The van der Waals surface area contributed by atoms with Gasteiger partial charge in [-0.2, -0.15) is 11.8 Å². The van der Waals surface area contributed by atoms with Crippen LogP contribution in [0.25, 0.3) is 0 Å². The van der Waals surface area contributed by atoms with Crippen LogP contribution in [-0.2, 0) is 0 Å². The number of hydrogen-bond acceptors (Lipinski definition) is 5. The molecule has 0 aromatic carbocycles. The number of nitrogens with zero attached hydrogens (tertiary/aromatic N) is 2. The van der Waals surface area contributed by atoms with Gasteiger partial charge < -0.3 is 5.32 Å². The largest absolute Gasteiger partial charge is 0.370 e. The molecule has 3 atom stereocenters. The van der Waals surface area contributed by atoms with Crippen LogP contribution in [0.4, 0.5) is 5.82 Å². The number of rotatable bonds is 4. The highest BCUT2D eigenvalue weighted by atomic mass is 32.2. The summed E-state index contributed by atoms with van der Waals surface area (Å²) in [4.78, 5) is 9.64. The Morgan fingerprint density at radius 3 is 2.70 bits per heavy atom. The summed E-state index contributed by atoms with van der Waals surface area (Å²) < 4.78 is 0. The standard InChI is InChI=1S/C15H23N3S2/c1-4-16-14-7-12(11-5-6-11)17-15(18-14)13-8-19-9(2)10(3)20-13/h7,9-11,13H,4-6,8H2,1-3H3,(H,16,17,18). The molecule has 2 heterocycles. The molecule has 110 valence electrons. The van der Waals surface area contributed by atoms with Crippen LogP contribution in [0.15, 0.2) is 6.07 Å². The van der Waals surface area contributed by atoms with E-state index in [2.05, 4.69) is 43.9 Å². The van der Waals surface area contributed by atoms with Gasteiger partial charge in [0.1, 0.15) is 11.6 Å². The van der Waals surface area contributed by atoms with Crippen LogP contribution in [0.2, 0.25) is 0 Å². The fourth-order valence-corrected chi connectivity index (χ4v) is 5.25. The van der Waals surface area contributed by atoms with Crippen molar-refractivity contribution in [2.75, 3.05) is 17.6 Å². The maximum atomic E-state index is 4.88. The van der Waals surface area contributed by atoms with Gasteiger partial charge in [0, 0.05) is 40.5 Å². The van der Waals surface area contributed by atoms with E-state index in [1.165, 1.54) is 18.5 Å². The van der Waals surface area contributed by atoms with Crippen molar-refractivity contribution in [3.8, 4) is 0 Å². The van der Waals surface area contributed by atoms with Gasteiger partial charge in [0.2, 0.25) is 0 Å². The van der Waals surface area contributed by atoms with E-state index in [0.29, 0.717) is 16.4 Å². The number of anilines is 1. The molecule has 2 aliphatic rings. The molecule has 1 N–H and O–H groups in total. The topological polar surface area (TPSA) is 37.8 Å². The molecule has 5 heteroatoms. The molecule has 3 rings (SSSR count). The summed E-state index contributed by atoms with van der Waals surface area (Å²) in [5.74, 6) is 3.88. The maximum absolute atomic E-state index is 4.88. The lowest BCUT2D eigenvalue weighted by atomic mass is 10.2. The normalized spacial score (nSPS) is 30.2. The van der Waals surface area contributed by atoms with E-state index in [1.807, 2.05) is 11.8 Å². The molecular formula is C15H23N3S2. The van der Waals surface area contributed by atoms with Gasteiger partial charge in [-0.05, 0) is 19.8 Å². The molecule has 1 aromatic heterocycles. The van der Waals surface area contributed by atoms with Gasteiger partial charge in [0.25, 0.3) is 0 Å². The van der Waals surface area contributed by atoms with Crippen molar-refractivity contribution in [1.82, 2.24) is 9.97 Å². The van der Waals surface area contributed by atoms with Crippen molar-refractivity contribution in [3.63, 3.8) is 0 Å². The number of nitrogens with one attached hydrogen (secondary N) is 1. The lowest BCUT2D eigenvalue weighted by molar-refractivity contribution is 0.839. The highest BCUT2D eigenvalue weighted by molar-refractivity contribution is 8.07. The summed E-state index contributed by atoms with van der Waals surface area (Å²) in [5.41, 5.74) is 1.25. The second kappa shape index (κ2) is 6.14. The van der Waals surface area contributed by atoms with Gasteiger partial charge in [-0.15, -0.1) is 11.8 Å². The Labute approximate surface area is 130 Å². The maximum Gasteiger partial charge on any atom is 0.144 e. The highest BCUT2D eigenvalue weighted by Crippen LogP contribution is 2.45. The lowest BCUT2D eigenvalue weighted by Gasteiger charge is -2.30. The minimum atomic E-state index is 0.447. The molecule has 2 fully saturated rings. The first-order chi connectivity index (χ1) is 9.67. The predicted molar refractivity (Wildman–Crippen MR) is 89.9 cm³/mol. The van der Waals surface area contributed by atoms with Gasteiger partial charge in [0.15, 0.2) is 0 Å². The van der Waals surface area contributed by atoms with Crippen molar-refractivity contribution >= 4 is 29.3 Å². The van der Waals surface area contributed by atoms with Gasteiger partial charge in [-0.1, -0.05) is 13.8 Å². The molecule has 3 unspecified atom stereocenters. The minimum Gasteiger partial charge on any atom is -0.370 e. The zero-order chi connectivity index (χ0) is 14.1. The summed E-state index contributed by atoms with van der Waals surface area (Å²) in [7, 11) is 0. The molecule has 0 radical (unpaired) electrons. The van der Waals surface area contributed by atoms with Gasteiger partial charge in [0.05, 0.1) is 5.25 Å². The lowest BCUT2D eigenvalue weighted by Crippen LogP contribution is -2.23. The Hall–Kier alpha value is -0.420. The average molecular weight is 310 g/mol. The van der Waals surface area contributed by atoms with Crippen LogP contribution in [0.5, 0.6) is 0 Å². The van der Waals surface area contributed by atoms with Crippen LogP contribution < -0.4 is 5.32 Å². The Balaban J connectivity index is 1.83. The summed E-state index contributed by atoms with van der Waals surface area (Å²) in [6.07, 6.45) is 2.59. The third-order valence-electron chi connectivity index (χ3n) is 3.96. The van der Waals surface area contributed by atoms with Gasteiger partial charge in [-0.25, -0.2) is 9.97 Å². The Morgan fingerprint density at radius 2 is 2.05 bits per heavy atom. The van der Waals surface area contributed by atoms with E-state index in [1.54, 1.807) is 0 Å². The van der Waals surface area contributed by atoms with Crippen molar-refractivity contribution in [2.45, 2.75) is 55.3 Å². The zero-order valence-electron chi connectivity index (χ0n) is 12.4. The van der Waals surface area contributed by atoms with Crippen molar-refractivity contribution in [3.05, 3.63) is 17.6 Å². The van der Waals surface area contributed by atoms with E-state index < -0.39 is 0 Å². The van der Waals surface area contributed by atoms with E-state index in [9.17, 15) is 0 Å². The van der Waals surface area contributed by atoms with Crippen LogP contribution in [0, 0.1) is 0 Å². The first-order valence-electron chi connectivity index (χ1n) is 7.57. The molecule has 1 aromatic rings. The third-order valence-corrected chi connectivity index (χ3v) is 7.34. The SMILES string of the molecule is CCNc1cc(C2CC2)nc(C2CSC(C)C(C)S2)n1. The Morgan fingerprint density at radius 1 is 1.25 bits per heavy atom. The van der Waals surface area contributed by atoms with E-state index >= 15 is 0 Å². The molecule has 0 bridgehead atoms. The van der Waals surface area contributed by atoms with E-state index in [-0.39, 0.29) is 0 Å². The monoisotopic (exact) mass is 309 g/mol. The molecule has 1 saturated carbocycles. The Kier molecular flexibility index (Phi) is 4.46. The van der Waals surface area contributed by atoms with Gasteiger partial charge >= 0.3 is 0 Å². The predicted octanol–water partition coefficient (Wildman–Crippen LogP) is 4.08. The number of hydrogen-bond donors (Lipinski definition) is 1. The molecule has 1 saturated heterocycles. The summed E-state index contributed by atoms with van der Waals surface area (Å²) in [5, 5.41) is 5.22. The summed E-state index contributed by atoms with van der Waals surface area (Å²) in [6.45, 7) is 7.68. The first kappa shape index (κ1) is 14.5. The Bertz CT molecular complexity index is 476. The fourth-order valence-electron chi connectivity index (χ4n) is 2.41. The molecule has 1 aliphatic heterocycles. The molecule has 3 nitrogen and oxygen atoms in total. The second-order valence-corrected chi connectivity index (χ2v) is 8.70. The van der Waals surface area contributed by atoms with Gasteiger partial charge in [-0.3, -0.25) is 0 Å². The molecule has 0 spiro atoms. The van der Waals surface area contributed by atoms with E-state index in [4.69, 9.17) is 9.97 Å². The first-order valence-corrected chi connectivity index (χ1v) is 9.56. The molecular weight excluding hydrogens is 286 g/mol. The van der Waals surface area contributed by atoms with Crippen molar-refractivity contribution in [1.29, 1.82) is 0 Å². The quantitative estimate of drug-likeness (QED) is 0.907. The smallest absolute Gasteiger partial charge is 0.144 e. The number of aromatic nitrogens is 2. The van der Waals surface area contributed by atoms with Crippen LogP contribution in [-0.4, -0.2) is 32.8 Å². The van der Waals surface area contributed by atoms with Crippen molar-refractivity contribution in [2.24, 2.45) is 0 Å². The molecule has 20 heavy (non-hydrogen) atoms. The zero-order valence-corrected chi connectivity index (χ0v) is 14.1. The highest BCUT2D eigenvalue weighted by Gasteiger charge is 2.31. The molecule has 0 amide bonds. The van der Waals surface area contributed by atoms with Crippen LogP contribution >= 0.6 is 23.5 Å². The number of thioether (sulfide) groups is 2. The average Bonchev–Trinajstić information content (AvgIpc) is 3.26. The van der Waals surface area contributed by atoms with E-state index in [0.717, 1.165) is 29.2 Å². The summed E-state index contributed by atoms with van der Waals surface area (Å²) in [6, 6.07) is 2.15. The van der Waals surface area contributed by atoms with Crippen LogP contribution in [0.1, 0.15) is 56.3 Å². The fraction of sp³-hybridized carbons (Fsp3) is 0.733. The third kappa shape index (κ3) is 3.25. The summed E-state index contributed by atoms with van der Waals surface area (Å²) >= 11 is 4.10. The van der Waals surface area contributed by atoms with Crippen molar-refractivity contribution < 1.29 is 0 Å². The molecule has 1 aliphatic carbocycles.